The summed E-state index contributed by atoms with van der Waals surface area (Å²) in [5, 5.41) is 14.3. The summed E-state index contributed by atoms with van der Waals surface area (Å²) in [6, 6.07) is 22.4. The SMILES string of the molecule is N#C/C(=N\OS(=O)(=O)c1ccc2ccccc2c1)c1ccccc1. The predicted octanol–water partition coefficient (Wildman–Crippen LogP) is 3.47. The van der Waals surface area contributed by atoms with Crippen LogP contribution in [0.4, 0.5) is 0 Å². The van der Waals surface area contributed by atoms with E-state index in [2.05, 4.69) is 5.16 Å². The van der Waals surface area contributed by atoms with E-state index in [0.717, 1.165) is 10.8 Å². The second-order valence-electron chi connectivity index (χ2n) is 4.96. The van der Waals surface area contributed by atoms with Crippen LogP contribution in [-0.2, 0) is 14.4 Å². The Balaban J connectivity index is 1.92. The number of fused-ring (bicyclic) bond motifs is 1. The lowest BCUT2D eigenvalue weighted by Crippen LogP contribution is -2.06. The molecule has 0 radical (unpaired) electrons. The molecule has 0 amide bonds. The molecule has 0 spiro atoms. The molecule has 0 aliphatic carbocycles. The zero-order valence-electron chi connectivity index (χ0n) is 12.5. The molecule has 0 aliphatic rings. The Morgan fingerprint density at radius 2 is 1.58 bits per heavy atom. The van der Waals surface area contributed by atoms with Crippen molar-refractivity contribution in [3.63, 3.8) is 0 Å². The van der Waals surface area contributed by atoms with Crippen molar-refractivity contribution in [3.05, 3.63) is 78.4 Å². The van der Waals surface area contributed by atoms with Crippen molar-refractivity contribution in [3.8, 4) is 6.07 Å². The fraction of sp³-hybridized carbons (Fsp3) is 0. The summed E-state index contributed by atoms with van der Waals surface area (Å²) in [6.07, 6.45) is 0. The summed E-state index contributed by atoms with van der Waals surface area (Å²) in [4.78, 5) is -0.0182. The second-order valence-corrected chi connectivity index (χ2v) is 6.48. The molecular weight excluding hydrogens is 324 g/mol. The first kappa shape index (κ1) is 15.7. The van der Waals surface area contributed by atoms with Crippen molar-refractivity contribution in [1.82, 2.24) is 0 Å². The van der Waals surface area contributed by atoms with Crippen LogP contribution < -0.4 is 0 Å². The van der Waals surface area contributed by atoms with Gasteiger partial charge in [0.15, 0.2) is 5.71 Å². The minimum absolute atomic E-state index is 0.0182. The van der Waals surface area contributed by atoms with Crippen LogP contribution in [0.2, 0.25) is 0 Å². The van der Waals surface area contributed by atoms with E-state index in [1.165, 1.54) is 12.1 Å². The molecule has 3 aromatic carbocycles. The zero-order chi connectivity index (χ0) is 17.0. The van der Waals surface area contributed by atoms with Crippen molar-refractivity contribution < 1.29 is 12.7 Å². The summed E-state index contributed by atoms with van der Waals surface area (Å²) in [5.74, 6) is 0. The molecule has 0 unspecified atom stereocenters. The maximum atomic E-state index is 12.3. The number of hydrogen-bond donors (Lipinski definition) is 0. The summed E-state index contributed by atoms with van der Waals surface area (Å²) >= 11 is 0. The third-order valence-electron chi connectivity index (χ3n) is 3.39. The van der Waals surface area contributed by atoms with Gasteiger partial charge in [-0.2, -0.15) is 13.7 Å². The van der Waals surface area contributed by atoms with Gasteiger partial charge in [0.1, 0.15) is 11.0 Å². The summed E-state index contributed by atoms with van der Waals surface area (Å²) in [6.45, 7) is 0. The number of hydrogen-bond acceptors (Lipinski definition) is 5. The first-order valence-electron chi connectivity index (χ1n) is 7.06. The number of nitrogens with zero attached hydrogens (tertiary/aromatic N) is 2. The fourth-order valence-electron chi connectivity index (χ4n) is 2.19. The molecule has 24 heavy (non-hydrogen) atoms. The molecule has 0 atom stereocenters. The van der Waals surface area contributed by atoms with Crippen LogP contribution in [-0.4, -0.2) is 14.1 Å². The molecule has 0 fully saturated rings. The van der Waals surface area contributed by atoms with Crippen LogP contribution in [0.15, 0.2) is 82.8 Å². The van der Waals surface area contributed by atoms with Crippen LogP contribution in [0.25, 0.3) is 10.8 Å². The Morgan fingerprint density at radius 1 is 0.917 bits per heavy atom. The van der Waals surface area contributed by atoms with Crippen LogP contribution in [0.5, 0.6) is 0 Å². The van der Waals surface area contributed by atoms with Crippen molar-refractivity contribution in [2.75, 3.05) is 0 Å². The topological polar surface area (TPSA) is 79.5 Å². The fourth-order valence-corrected chi connectivity index (χ4v) is 2.95. The molecule has 0 N–H and O–H groups in total. The number of nitriles is 1. The molecule has 0 bridgehead atoms. The Hall–Kier alpha value is -3.17. The Morgan fingerprint density at radius 3 is 2.29 bits per heavy atom. The standard InChI is InChI=1S/C18H12N2O3S/c19-13-18(15-7-2-1-3-8-15)20-23-24(21,22)17-11-10-14-6-4-5-9-16(14)12-17/h1-12H/b20-18+. The van der Waals surface area contributed by atoms with Gasteiger partial charge in [0.2, 0.25) is 0 Å². The van der Waals surface area contributed by atoms with Gasteiger partial charge >= 0.3 is 10.1 Å². The van der Waals surface area contributed by atoms with Gasteiger partial charge in [0.25, 0.3) is 0 Å². The van der Waals surface area contributed by atoms with Crippen LogP contribution in [0, 0.1) is 11.3 Å². The first-order valence-corrected chi connectivity index (χ1v) is 8.47. The summed E-state index contributed by atoms with van der Waals surface area (Å²) in [5.41, 5.74) is 0.369. The van der Waals surface area contributed by atoms with E-state index in [9.17, 15) is 8.42 Å². The van der Waals surface area contributed by atoms with Crippen molar-refractivity contribution in [2.24, 2.45) is 5.16 Å². The highest BCUT2D eigenvalue weighted by atomic mass is 32.2. The summed E-state index contributed by atoms with van der Waals surface area (Å²) < 4.78 is 29.3. The van der Waals surface area contributed by atoms with E-state index in [0.29, 0.717) is 5.56 Å². The van der Waals surface area contributed by atoms with Gasteiger partial charge < -0.3 is 0 Å². The molecular formula is C18H12N2O3S. The maximum Gasteiger partial charge on any atom is 0.358 e. The van der Waals surface area contributed by atoms with Gasteiger partial charge in [-0.15, -0.1) is 0 Å². The molecule has 0 saturated heterocycles. The normalized spacial score (nSPS) is 11.9. The average Bonchev–Trinajstić information content (AvgIpc) is 2.62. The Labute approximate surface area is 139 Å². The molecule has 0 saturated carbocycles. The monoisotopic (exact) mass is 336 g/mol. The van der Waals surface area contributed by atoms with E-state index >= 15 is 0 Å². The lowest BCUT2D eigenvalue weighted by atomic mass is 10.1. The Bertz CT molecular complexity index is 1050. The lowest BCUT2D eigenvalue weighted by Gasteiger charge is -2.04. The second kappa shape index (κ2) is 6.52. The lowest BCUT2D eigenvalue weighted by molar-refractivity contribution is 0.339. The molecule has 5 nitrogen and oxygen atoms in total. The van der Waals surface area contributed by atoms with Crippen molar-refractivity contribution >= 4 is 26.6 Å². The molecule has 3 rings (SSSR count). The van der Waals surface area contributed by atoms with Crippen LogP contribution in [0.3, 0.4) is 0 Å². The molecule has 6 heteroatoms. The molecule has 0 heterocycles. The van der Waals surface area contributed by atoms with Gasteiger partial charge in [-0.3, -0.25) is 4.28 Å². The Kier molecular flexibility index (Phi) is 4.27. The van der Waals surface area contributed by atoms with Gasteiger partial charge in [0.05, 0.1) is 0 Å². The van der Waals surface area contributed by atoms with E-state index < -0.39 is 10.1 Å². The highest BCUT2D eigenvalue weighted by Crippen LogP contribution is 2.20. The van der Waals surface area contributed by atoms with E-state index in [1.54, 1.807) is 36.4 Å². The van der Waals surface area contributed by atoms with Gasteiger partial charge in [-0.25, -0.2) is 0 Å². The highest BCUT2D eigenvalue weighted by molar-refractivity contribution is 7.86. The quantitative estimate of drug-likeness (QED) is 0.540. The third-order valence-corrected chi connectivity index (χ3v) is 4.49. The smallest absolute Gasteiger partial charge is 0.263 e. The summed E-state index contributed by atoms with van der Waals surface area (Å²) in [7, 11) is -4.10. The molecule has 118 valence electrons. The van der Waals surface area contributed by atoms with Gasteiger partial charge in [0, 0.05) is 5.56 Å². The number of oxime groups is 1. The first-order chi connectivity index (χ1) is 11.6. The van der Waals surface area contributed by atoms with Gasteiger partial charge in [-0.1, -0.05) is 65.8 Å². The largest absolute Gasteiger partial charge is 0.358 e. The van der Waals surface area contributed by atoms with Gasteiger partial charge in [-0.05, 0) is 22.9 Å². The van der Waals surface area contributed by atoms with Crippen LogP contribution in [0.1, 0.15) is 5.56 Å². The molecule has 0 aliphatic heterocycles. The molecule has 3 aromatic rings. The molecule has 0 aromatic heterocycles. The van der Waals surface area contributed by atoms with E-state index in [4.69, 9.17) is 9.55 Å². The third kappa shape index (κ3) is 3.26. The zero-order valence-corrected chi connectivity index (χ0v) is 13.3. The minimum Gasteiger partial charge on any atom is -0.263 e. The minimum atomic E-state index is -4.10. The van der Waals surface area contributed by atoms with E-state index in [1.807, 2.05) is 30.3 Å². The van der Waals surface area contributed by atoms with Crippen molar-refractivity contribution in [1.29, 1.82) is 5.26 Å². The van der Waals surface area contributed by atoms with Crippen molar-refractivity contribution in [2.45, 2.75) is 4.90 Å². The van der Waals surface area contributed by atoms with E-state index in [-0.39, 0.29) is 10.6 Å². The van der Waals surface area contributed by atoms with Crippen LogP contribution >= 0.6 is 0 Å². The number of benzene rings is 3. The predicted molar refractivity (Wildman–Crippen MR) is 90.8 cm³/mol. The average molecular weight is 336 g/mol. The number of rotatable bonds is 4. The highest BCUT2D eigenvalue weighted by Gasteiger charge is 2.17. The maximum absolute atomic E-state index is 12.3.